The normalized spacial score (nSPS) is 12.2. The zero-order chi connectivity index (χ0) is 12.3. The molecular formula is C12H15N3OS. The molecule has 0 spiro atoms. The van der Waals surface area contributed by atoms with Crippen LogP contribution in [0.25, 0.3) is 0 Å². The smallest absolute Gasteiger partial charge is 0.221 e. The molecule has 4 nitrogen and oxygen atoms in total. The van der Waals surface area contributed by atoms with Gasteiger partial charge in [-0.15, -0.1) is 11.3 Å². The van der Waals surface area contributed by atoms with Crippen molar-refractivity contribution in [3.05, 3.63) is 34.3 Å². The number of hydrogen-bond acceptors (Lipinski definition) is 5. The Kier molecular flexibility index (Phi) is 3.58. The summed E-state index contributed by atoms with van der Waals surface area (Å²) in [5.41, 5.74) is 0.929. The minimum Gasteiger partial charge on any atom is -0.481 e. The van der Waals surface area contributed by atoms with E-state index in [4.69, 9.17) is 4.74 Å². The second-order valence-corrected chi connectivity index (χ2v) is 4.72. The number of aromatic nitrogens is 2. The third kappa shape index (κ3) is 2.55. The Balaban J connectivity index is 2.19. The second-order valence-electron chi connectivity index (χ2n) is 3.74. The van der Waals surface area contributed by atoms with E-state index in [0.717, 1.165) is 11.4 Å². The van der Waals surface area contributed by atoms with Crippen LogP contribution in [-0.2, 0) is 0 Å². The lowest BCUT2D eigenvalue weighted by molar-refractivity contribution is 0.393. The number of nitrogens with zero attached hydrogens (tertiary/aromatic N) is 2. The molecule has 2 aromatic rings. The van der Waals surface area contributed by atoms with Crippen molar-refractivity contribution in [3.8, 4) is 5.88 Å². The lowest BCUT2D eigenvalue weighted by Crippen LogP contribution is -2.09. The monoisotopic (exact) mass is 249 g/mol. The van der Waals surface area contributed by atoms with E-state index in [0.29, 0.717) is 5.88 Å². The van der Waals surface area contributed by atoms with Gasteiger partial charge in [0.25, 0.3) is 0 Å². The zero-order valence-corrected chi connectivity index (χ0v) is 10.9. The highest BCUT2D eigenvalue weighted by Crippen LogP contribution is 2.26. The van der Waals surface area contributed by atoms with E-state index in [9.17, 15) is 0 Å². The number of nitrogens with one attached hydrogen (secondary N) is 1. The van der Waals surface area contributed by atoms with Crippen molar-refractivity contribution in [2.75, 3.05) is 12.4 Å². The van der Waals surface area contributed by atoms with Crippen molar-refractivity contribution < 1.29 is 4.74 Å². The predicted molar refractivity (Wildman–Crippen MR) is 69.7 cm³/mol. The average Bonchev–Trinajstić information content (AvgIpc) is 2.85. The van der Waals surface area contributed by atoms with Gasteiger partial charge in [-0.1, -0.05) is 6.07 Å². The summed E-state index contributed by atoms with van der Waals surface area (Å²) in [7, 11) is 1.61. The number of hydrogen-bond donors (Lipinski definition) is 1. The van der Waals surface area contributed by atoms with Crippen LogP contribution < -0.4 is 10.1 Å². The fraction of sp³-hybridized carbons (Fsp3) is 0.333. The molecule has 0 aromatic carbocycles. The number of ether oxygens (including phenoxy) is 1. The van der Waals surface area contributed by atoms with Gasteiger partial charge in [0.1, 0.15) is 12.1 Å². The molecule has 1 N–H and O–H groups in total. The van der Waals surface area contributed by atoms with Crippen LogP contribution in [-0.4, -0.2) is 17.1 Å². The maximum atomic E-state index is 5.17. The maximum Gasteiger partial charge on any atom is 0.221 e. The Morgan fingerprint density at radius 3 is 2.88 bits per heavy atom. The van der Waals surface area contributed by atoms with Gasteiger partial charge in [0.05, 0.1) is 18.7 Å². The van der Waals surface area contributed by atoms with Crippen LogP contribution in [0.4, 0.5) is 5.82 Å². The van der Waals surface area contributed by atoms with E-state index < -0.39 is 0 Å². The highest BCUT2D eigenvalue weighted by Gasteiger charge is 2.11. The van der Waals surface area contributed by atoms with Crippen molar-refractivity contribution in [1.82, 2.24) is 9.97 Å². The predicted octanol–water partition coefficient (Wildman–Crippen LogP) is 3.03. The lowest BCUT2D eigenvalue weighted by atomic mass is 10.2. The largest absolute Gasteiger partial charge is 0.481 e. The summed E-state index contributed by atoms with van der Waals surface area (Å²) >= 11 is 1.73. The van der Waals surface area contributed by atoms with E-state index in [2.05, 4.69) is 33.7 Å². The molecule has 0 aliphatic rings. The second kappa shape index (κ2) is 5.14. The molecule has 1 atom stereocenters. The Labute approximate surface area is 105 Å². The van der Waals surface area contributed by atoms with E-state index in [-0.39, 0.29) is 6.04 Å². The fourth-order valence-corrected chi connectivity index (χ4v) is 2.33. The van der Waals surface area contributed by atoms with Crippen molar-refractivity contribution in [2.45, 2.75) is 19.9 Å². The maximum absolute atomic E-state index is 5.17. The summed E-state index contributed by atoms with van der Waals surface area (Å²) < 4.78 is 5.17. The minimum atomic E-state index is 0.230. The molecule has 0 saturated heterocycles. The van der Waals surface area contributed by atoms with Crippen molar-refractivity contribution >= 4 is 17.2 Å². The highest BCUT2D eigenvalue weighted by molar-refractivity contribution is 7.10. The van der Waals surface area contributed by atoms with Gasteiger partial charge < -0.3 is 10.1 Å². The van der Waals surface area contributed by atoms with Gasteiger partial charge in [0.2, 0.25) is 5.88 Å². The molecule has 0 amide bonds. The third-order valence-corrected chi connectivity index (χ3v) is 3.61. The molecule has 0 aliphatic carbocycles. The molecular weight excluding hydrogens is 234 g/mol. The standard InChI is InChI=1S/C12H15N3OS/c1-8-11(13-7-14-12(8)16-3)15-9(2)10-5-4-6-17-10/h4-7,9H,1-3H3,(H,13,14,15). The summed E-state index contributed by atoms with van der Waals surface area (Å²) in [6, 6.07) is 4.38. The molecule has 2 rings (SSSR count). The van der Waals surface area contributed by atoms with E-state index in [1.807, 2.05) is 13.0 Å². The molecule has 2 heterocycles. The fourth-order valence-electron chi connectivity index (χ4n) is 1.60. The van der Waals surface area contributed by atoms with Gasteiger partial charge in [-0.2, -0.15) is 0 Å². The minimum absolute atomic E-state index is 0.230. The quantitative estimate of drug-likeness (QED) is 0.904. The van der Waals surface area contributed by atoms with Crippen molar-refractivity contribution in [2.24, 2.45) is 0 Å². The Bertz CT molecular complexity index is 485. The molecule has 2 aromatic heterocycles. The molecule has 0 bridgehead atoms. The number of methoxy groups -OCH3 is 1. The van der Waals surface area contributed by atoms with Crippen LogP contribution in [0.2, 0.25) is 0 Å². The van der Waals surface area contributed by atoms with Gasteiger partial charge in [-0.3, -0.25) is 0 Å². The highest BCUT2D eigenvalue weighted by atomic mass is 32.1. The molecule has 0 aliphatic heterocycles. The molecule has 0 fully saturated rings. The summed E-state index contributed by atoms with van der Waals surface area (Å²) in [6.45, 7) is 4.06. The van der Waals surface area contributed by atoms with Crippen molar-refractivity contribution in [1.29, 1.82) is 0 Å². The Morgan fingerprint density at radius 1 is 1.41 bits per heavy atom. The van der Waals surface area contributed by atoms with Crippen LogP contribution in [0.3, 0.4) is 0 Å². The molecule has 0 radical (unpaired) electrons. The summed E-state index contributed by atoms with van der Waals surface area (Å²) in [5.74, 6) is 1.43. The molecule has 5 heteroatoms. The van der Waals surface area contributed by atoms with Crippen LogP contribution in [0, 0.1) is 6.92 Å². The van der Waals surface area contributed by atoms with Gasteiger partial charge in [0.15, 0.2) is 0 Å². The van der Waals surface area contributed by atoms with Crippen LogP contribution in [0.1, 0.15) is 23.4 Å². The zero-order valence-electron chi connectivity index (χ0n) is 10.1. The number of thiophene rings is 1. The SMILES string of the molecule is COc1ncnc(NC(C)c2cccs2)c1C. The first-order valence-electron chi connectivity index (χ1n) is 5.38. The summed E-state index contributed by atoms with van der Waals surface area (Å²) in [5, 5.41) is 5.44. The van der Waals surface area contributed by atoms with Crippen molar-refractivity contribution in [3.63, 3.8) is 0 Å². The summed E-state index contributed by atoms with van der Waals surface area (Å²) in [6.07, 6.45) is 1.51. The van der Waals surface area contributed by atoms with Crippen LogP contribution in [0.5, 0.6) is 5.88 Å². The first-order chi connectivity index (χ1) is 8.22. The van der Waals surface area contributed by atoms with E-state index in [1.165, 1.54) is 11.2 Å². The van der Waals surface area contributed by atoms with Gasteiger partial charge in [-0.25, -0.2) is 9.97 Å². The molecule has 90 valence electrons. The first kappa shape index (κ1) is 11.9. The third-order valence-electron chi connectivity index (χ3n) is 2.55. The van der Waals surface area contributed by atoms with Crippen LogP contribution in [0.15, 0.2) is 23.8 Å². The summed E-state index contributed by atoms with van der Waals surface area (Å²) in [4.78, 5) is 9.58. The molecule has 1 unspecified atom stereocenters. The topological polar surface area (TPSA) is 47.0 Å². The van der Waals surface area contributed by atoms with Gasteiger partial charge in [0, 0.05) is 4.88 Å². The van der Waals surface area contributed by atoms with E-state index in [1.54, 1.807) is 18.4 Å². The Morgan fingerprint density at radius 2 is 2.24 bits per heavy atom. The van der Waals surface area contributed by atoms with Gasteiger partial charge >= 0.3 is 0 Å². The molecule has 17 heavy (non-hydrogen) atoms. The Hall–Kier alpha value is -1.62. The number of anilines is 1. The first-order valence-corrected chi connectivity index (χ1v) is 6.26. The van der Waals surface area contributed by atoms with Gasteiger partial charge in [-0.05, 0) is 25.3 Å². The molecule has 0 saturated carbocycles. The average molecular weight is 249 g/mol. The number of rotatable bonds is 4. The lowest BCUT2D eigenvalue weighted by Gasteiger charge is -2.15. The van der Waals surface area contributed by atoms with E-state index >= 15 is 0 Å². The van der Waals surface area contributed by atoms with Crippen LogP contribution >= 0.6 is 11.3 Å².